The number of nitrogens with zero attached hydrogens (tertiary/aromatic N) is 2. The summed E-state index contributed by atoms with van der Waals surface area (Å²) in [4.78, 5) is 27.8. The molecular weight excluding hydrogens is 352 g/mol. The van der Waals surface area contributed by atoms with Crippen LogP contribution in [-0.2, 0) is 13.6 Å². The Labute approximate surface area is 155 Å². The van der Waals surface area contributed by atoms with Crippen molar-refractivity contribution in [3.63, 3.8) is 0 Å². The normalized spacial score (nSPS) is 10.4. The topological polar surface area (TPSA) is 76.0 Å². The van der Waals surface area contributed by atoms with Crippen LogP contribution in [0, 0.1) is 0 Å². The third-order valence-corrected chi connectivity index (χ3v) is 3.97. The molecule has 0 spiro atoms. The fourth-order valence-electron chi connectivity index (χ4n) is 2.32. The number of halogens is 1. The molecule has 0 radical (unpaired) electrons. The zero-order valence-corrected chi connectivity index (χ0v) is 14.8. The van der Waals surface area contributed by atoms with Crippen molar-refractivity contribution in [2.75, 3.05) is 10.6 Å². The second kappa shape index (κ2) is 7.84. The molecule has 1 aromatic carbocycles. The predicted octanol–water partition coefficient (Wildman–Crippen LogP) is 3.30. The Balaban J connectivity index is 1.61. The van der Waals surface area contributed by atoms with E-state index in [1.54, 1.807) is 19.3 Å². The number of amides is 1. The molecule has 0 unspecified atom stereocenters. The number of aromatic nitrogens is 2. The van der Waals surface area contributed by atoms with Crippen molar-refractivity contribution < 1.29 is 4.79 Å². The zero-order valence-electron chi connectivity index (χ0n) is 14.1. The minimum absolute atomic E-state index is 0.170. The number of hydrogen-bond acceptors (Lipinski definition) is 4. The van der Waals surface area contributed by atoms with Crippen LogP contribution in [-0.4, -0.2) is 15.5 Å². The fraction of sp³-hybridized carbons (Fsp3) is 0.105. The third kappa shape index (κ3) is 4.49. The summed E-state index contributed by atoms with van der Waals surface area (Å²) in [6.07, 6.45) is 3.18. The maximum absolute atomic E-state index is 12.2. The molecule has 0 bridgehead atoms. The maximum Gasteiger partial charge on any atom is 0.258 e. The summed E-state index contributed by atoms with van der Waals surface area (Å²) in [5.74, 6) is 0.119. The molecule has 7 heteroatoms. The highest BCUT2D eigenvalue weighted by atomic mass is 35.5. The van der Waals surface area contributed by atoms with Crippen molar-refractivity contribution in [1.29, 1.82) is 0 Å². The van der Waals surface area contributed by atoms with Crippen LogP contribution in [0.3, 0.4) is 0 Å². The highest BCUT2D eigenvalue weighted by Crippen LogP contribution is 2.16. The van der Waals surface area contributed by atoms with Gasteiger partial charge in [0.1, 0.15) is 5.82 Å². The van der Waals surface area contributed by atoms with Crippen LogP contribution in [0.2, 0.25) is 5.02 Å². The van der Waals surface area contributed by atoms with Gasteiger partial charge in [-0.25, -0.2) is 4.98 Å². The molecule has 2 aromatic heterocycles. The van der Waals surface area contributed by atoms with Gasteiger partial charge in [0.05, 0.1) is 5.56 Å². The van der Waals surface area contributed by atoms with Gasteiger partial charge in [-0.05, 0) is 35.9 Å². The van der Waals surface area contributed by atoms with Crippen LogP contribution in [0.5, 0.6) is 0 Å². The Morgan fingerprint density at radius 1 is 1.19 bits per heavy atom. The fourth-order valence-corrected chi connectivity index (χ4v) is 2.51. The number of nitrogens with one attached hydrogen (secondary N) is 2. The van der Waals surface area contributed by atoms with E-state index in [1.807, 2.05) is 30.3 Å². The van der Waals surface area contributed by atoms with Gasteiger partial charge < -0.3 is 15.2 Å². The van der Waals surface area contributed by atoms with E-state index in [9.17, 15) is 9.59 Å². The molecule has 0 saturated heterocycles. The first kappa shape index (κ1) is 17.7. The smallest absolute Gasteiger partial charge is 0.258 e. The maximum atomic E-state index is 12.2. The van der Waals surface area contributed by atoms with Crippen LogP contribution < -0.4 is 16.2 Å². The molecule has 0 atom stereocenters. The monoisotopic (exact) mass is 368 g/mol. The zero-order chi connectivity index (χ0) is 18.5. The van der Waals surface area contributed by atoms with Crippen LogP contribution in [0.4, 0.5) is 11.5 Å². The minimum Gasteiger partial charge on any atom is -0.381 e. The Morgan fingerprint density at radius 3 is 2.73 bits per heavy atom. The lowest BCUT2D eigenvalue weighted by atomic mass is 10.2. The molecule has 2 heterocycles. The van der Waals surface area contributed by atoms with Gasteiger partial charge in [0, 0.05) is 42.8 Å². The summed E-state index contributed by atoms with van der Waals surface area (Å²) < 4.78 is 1.35. The number of hydrogen-bond donors (Lipinski definition) is 2. The van der Waals surface area contributed by atoms with Gasteiger partial charge in [0.25, 0.3) is 5.91 Å². The average Bonchev–Trinajstić information content (AvgIpc) is 2.63. The van der Waals surface area contributed by atoms with Gasteiger partial charge in [-0.2, -0.15) is 0 Å². The predicted molar refractivity (Wildman–Crippen MR) is 103 cm³/mol. The number of carbonyl (C=O) groups excluding carboxylic acids is 1. The number of anilines is 2. The molecule has 132 valence electrons. The Bertz CT molecular complexity index is 983. The Kier molecular flexibility index (Phi) is 5.34. The van der Waals surface area contributed by atoms with Crippen LogP contribution >= 0.6 is 11.6 Å². The van der Waals surface area contributed by atoms with Crippen molar-refractivity contribution in [2.24, 2.45) is 7.05 Å². The lowest BCUT2D eigenvalue weighted by Crippen LogP contribution is -2.19. The average molecular weight is 369 g/mol. The van der Waals surface area contributed by atoms with Gasteiger partial charge in [0.15, 0.2) is 0 Å². The number of carbonyl (C=O) groups is 1. The minimum atomic E-state index is -0.321. The van der Waals surface area contributed by atoms with Crippen LogP contribution in [0.25, 0.3) is 0 Å². The van der Waals surface area contributed by atoms with Crippen molar-refractivity contribution >= 4 is 29.0 Å². The second-order valence-electron chi connectivity index (χ2n) is 5.74. The Hall–Kier alpha value is -3.12. The molecule has 0 aliphatic carbocycles. The van der Waals surface area contributed by atoms with Gasteiger partial charge in [-0.1, -0.05) is 23.7 Å². The van der Waals surface area contributed by atoms with E-state index in [0.717, 1.165) is 11.3 Å². The van der Waals surface area contributed by atoms with E-state index < -0.39 is 0 Å². The SMILES string of the molecule is Cn1cc(C(=O)Nc2ccc(CNc3cccc(Cl)c3)cn2)ccc1=O. The molecule has 26 heavy (non-hydrogen) atoms. The van der Waals surface area contributed by atoms with Crippen LogP contribution in [0.1, 0.15) is 15.9 Å². The lowest BCUT2D eigenvalue weighted by Gasteiger charge is -2.08. The second-order valence-corrected chi connectivity index (χ2v) is 6.17. The van der Waals surface area contributed by atoms with Gasteiger partial charge in [-0.15, -0.1) is 0 Å². The number of aryl methyl sites for hydroxylation is 1. The summed E-state index contributed by atoms with van der Waals surface area (Å²) in [6, 6.07) is 13.9. The summed E-state index contributed by atoms with van der Waals surface area (Å²) in [6.45, 7) is 0.586. The van der Waals surface area contributed by atoms with E-state index >= 15 is 0 Å². The van der Waals surface area contributed by atoms with E-state index in [-0.39, 0.29) is 11.5 Å². The van der Waals surface area contributed by atoms with Crippen molar-refractivity contribution in [3.05, 3.63) is 87.4 Å². The molecular formula is C19H17ClN4O2. The molecule has 1 amide bonds. The summed E-state index contributed by atoms with van der Waals surface area (Å²) in [7, 11) is 1.60. The Morgan fingerprint density at radius 2 is 2.04 bits per heavy atom. The van der Waals surface area contributed by atoms with E-state index in [2.05, 4.69) is 15.6 Å². The van der Waals surface area contributed by atoms with Gasteiger partial charge in [0.2, 0.25) is 5.56 Å². The molecule has 3 rings (SSSR count). The number of benzene rings is 1. The van der Waals surface area contributed by atoms with Crippen molar-refractivity contribution in [3.8, 4) is 0 Å². The van der Waals surface area contributed by atoms with Crippen LogP contribution in [0.15, 0.2) is 65.7 Å². The molecule has 0 saturated carbocycles. The van der Waals surface area contributed by atoms with Gasteiger partial charge >= 0.3 is 0 Å². The van der Waals surface area contributed by atoms with E-state index in [4.69, 9.17) is 11.6 Å². The number of rotatable bonds is 5. The first-order valence-electron chi connectivity index (χ1n) is 7.94. The molecule has 0 fully saturated rings. The summed E-state index contributed by atoms with van der Waals surface area (Å²) in [5.41, 5.74) is 2.10. The van der Waals surface area contributed by atoms with Gasteiger partial charge in [-0.3, -0.25) is 9.59 Å². The highest BCUT2D eigenvalue weighted by molar-refractivity contribution is 6.30. The largest absolute Gasteiger partial charge is 0.381 e. The summed E-state index contributed by atoms with van der Waals surface area (Å²) in [5, 5.41) is 6.64. The molecule has 3 aromatic rings. The first-order valence-corrected chi connectivity index (χ1v) is 8.31. The first-order chi connectivity index (χ1) is 12.5. The highest BCUT2D eigenvalue weighted by Gasteiger charge is 2.08. The number of pyridine rings is 2. The molecule has 0 aliphatic rings. The van der Waals surface area contributed by atoms with Crippen molar-refractivity contribution in [2.45, 2.75) is 6.54 Å². The van der Waals surface area contributed by atoms with Crippen molar-refractivity contribution in [1.82, 2.24) is 9.55 Å². The van der Waals surface area contributed by atoms with E-state index in [0.29, 0.717) is 22.9 Å². The molecule has 6 nitrogen and oxygen atoms in total. The summed E-state index contributed by atoms with van der Waals surface area (Å²) >= 11 is 5.95. The quantitative estimate of drug-likeness (QED) is 0.724. The lowest BCUT2D eigenvalue weighted by molar-refractivity contribution is 0.102. The molecule has 0 aliphatic heterocycles. The molecule has 2 N–H and O–H groups in total. The standard InChI is InChI=1S/C19H17ClN4O2/c1-24-12-14(6-8-18(24)25)19(26)23-17-7-5-13(11-22-17)10-21-16-4-2-3-15(20)9-16/h2-9,11-12,21H,10H2,1H3,(H,22,23,26). The van der Waals surface area contributed by atoms with E-state index in [1.165, 1.54) is 22.9 Å². The third-order valence-electron chi connectivity index (χ3n) is 3.74.